The van der Waals surface area contributed by atoms with Crippen molar-refractivity contribution in [2.45, 2.75) is 57.2 Å². The van der Waals surface area contributed by atoms with Crippen molar-refractivity contribution in [1.29, 1.82) is 0 Å². The molecule has 0 bridgehead atoms. The first-order valence-electron chi connectivity index (χ1n) is 7.05. The highest BCUT2D eigenvalue weighted by molar-refractivity contribution is 7.98. The van der Waals surface area contributed by atoms with Gasteiger partial charge in [-0.3, -0.25) is 4.72 Å². The Balaban J connectivity index is 0.000000354. The topological polar surface area (TPSA) is 12.0 Å². The predicted octanol–water partition coefficient (Wildman–Crippen LogP) is 6.21. The van der Waals surface area contributed by atoms with E-state index in [0.717, 1.165) is 6.04 Å². The first-order valence-corrected chi connectivity index (χ1v) is 8.62. The predicted molar refractivity (Wildman–Crippen MR) is 99.1 cm³/mol. The molecule has 0 aromatic heterocycles. The highest BCUT2D eigenvalue weighted by Crippen LogP contribution is 2.25. The number of hydrogen-bond donors (Lipinski definition) is 1. The fourth-order valence-electron chi connectivity index (χ4n) is 1.74. The average Bonchev–Trinajstić information content (AvgIpc) is 2.96. The smallest absolute Gasteiger partial charge is 0.0592 e. The van der Waals surface area contributed by atoms with Gasteiger partial charge in [0, 0.05) is 10.8 Å². The Hall–Kier alpha value is -0.330. The van der Waals surface area contributed by atoms with E-state index in [0.29, 0.717) is 14.8 Å². The first kappa shape index (κ1) is 20.7. The van der Waals surface area contributed by atoms with Crippen LogP contribution in [0.15, 0.2) is 24.3 Å². The summed E-state index contributed by atoms with van der Waals surface area (Å²) in [6, 6.07) is 7.98. The van der Waals surface area contributed by atoms with Gasteiger partial charge >= 0.3 is 0 Å². The Morgan fingerprint density at radius 3 is 1.81 bits per heavy atom. The van der Waals surface area contributed by atoms with Crippen molar-refractivity contribution in [2.24, 2.45) is 0 Å². The van der Waals surface area contributed by atoms with Crippen molar-refractivity contribution in [3.05, 3.63) is 34.3 Å². The van der Waals surface area contributed by atoms with Crippen LogP contribution in [0.2, 0.25) is 10.0 Å². The van der Waals surface area contributed by atoms with Crippen LogP contribution in [-0.2, 0) is 0 Å². The molecule has 0 unspecified atom stereocenters. The molecule has 1 aromatic rings. The summed E-state index contributed by atoms with van der Waals surface area (Å²) in [7, 11) is 0. The number of halogens is 2. The van der Waals surface area contributed by atoms with Crippen LogP contribution < -0.4 is 4.72 Å². The van der Waals surface area contributed by atoms with Gasteiger partial charge in [-0.15, -0.1) is 12.8 Å². The van der Waals surface area contributed by atoms with Gasteiger partial charge in [-0.1, -0.05) is 60.1 Å². The van der Waals surface area contributed by atoms with Crippen molar-refractivity contribution in [3.63, 3.8) is 0 Å². The van der Waals surface area contributed by atoms with Crippen molar-refractivity contribution < 1.29 is 0 Å². The molecule has 0 spiro atoms. The molecule has 1 aliphatic carbocycles. The van der Waals surface area contributed by atoms with E-state index in [-0.39, 0.29) is 0 Å². The fourth-order valence-corrected chi connectivity index (χ4v) is 2.77. The molecular weight excluding hydrogens is 321 g/mol. The first-order chi connectivity index (χ1) is 9.88. The zero-order valence-corrected chi connectivity index (χ0v) is 15.4. The van der Waals surface area contributed by atoms with Crippen LogP contribution in [-0.4, -0.2) is 10.8 Å². The van der Waals surface area contributed by atoms with E-state index < -0.39 is 0 Å². The molecule has 1 N–H and O–H groups in total. The summed E-state index contributed by atoms with van der Waals surface area (Å²) < 4.78 is 3.90. The van der Waals surface area contributed by atoms with E-state index in [1.807, 2.05) is 24.1 Å². The molecule has 1 aliphatic rings. The number of terminal acetylenes is 1. The molecule has 1 saturated carbocycles. The Kier molecular flexibility index (Phi) is 11.1. The van der Waals surface area contributed by atoms with Crippen molar-refractivity contribution in [2.75, 3.05) is 0 Å². The summed E-state index contributed by atoms with van der Waals surface area (Å²) in [5, 5.41) is 1.21. The van der Waals surface area contributed by atoms with Crippen LogP contribution in [0.3, 0.4) is 0 Å². The third-order valence-corrected chi connectivity index (χ3v) is 4.53. The minimum Gasteiger partial charge on any atom is -0.261 e. The number of hydrogen-bond acceptors (Lipinski definition) is 2. The summed E-state index contributed by atoms with van der Waals surface area (Å²) in [5.74, 6) is 0. The molecule has 1 nitrogen and oxygen atoms in total. The number of nitrogens with one attached hydrogen (secondary N) is 1. The van der Waals surface area contributed by atoms with E-state index in [9.17, 15) is 0 Å². The highest BCUT2D eigenvalue weighted by atomic mass is 35.5. The van der Waals surface area contributed by atoms with Crippen LogP contribution in [0.25, 0.3) is 0 Å². The summed E-state index contributed by atoms with van der Waals surface area (Å²) in [6.07, 6.45) is 13.6. The summed E-state index contributed by atoms with van der Waals surface area (Å²) in [6.45, 7) is 6.75. The van der Waals surface area contributed by atoms with Gasteiger partial charge in [0.05, 0.1) is 10.0 Å². The van der Waals surface area contributed by atoms with Gasteiger partial charge < -0.3 is 0 Å². The van der Waals surface area contributed by atoms with Gasteiger partial charge in [-0.25, -0.2) is 0 Å². The normalized spacial score (nSPS) is 14.6. The van der Waals surface area contributed by atoms with Gasteiger partial charge in [0.1, 0.15) is 0 Å². The highest BCUT2D eigenvalue weighted by Gasteiger charge is 2.18. The zero-order valence-electron chi connectivity index (χ0n) is 13.0. The minimum atomic E-state index is 0.364. The molecule has 21 heavy (non-hydrogen) atoms. The molecule has 0 saturated heterocycles. The molecule has 1 aromatic carbocycles. The van der Waals surface area contributed by atoms with Crippen molar-refractivity contribution >= 4 is 35.1 Å². The minimum absolute atomic E-state index is 0.364. The standard InChI is InChI=1S/C9H19NS.C6H4Cl2.C2H2/c1-9(2,3)11-10-8-6-4-5-7-8;7-5-3-1-2-4-6(5)8;1-2/h8,10H,4-7H2,1-3H3;1-4H;1-2H. The van der Waals surface area contributed by atoms with Crippen LogP contribution in [0.5, 0.6) is 0 Å². The summed E-state index contributed by atoms with van der Waals surface area (Å²) in [4.78, 5) is 0. The van der Waals surface area contributed by atoms with Crippen molar-refractivity contribution in [1.82, 2.24) is 4.72 Å². The summed E-state index contributed by atoms with van der Waals surface area (Å²) >= 11 is 13.0. The lowest BCUT2D eigenvalue weighted by Gasteiger charge is -2.20. The molecule has 0 heterocycles. The molecule has 0 radical (unpaired) electrons. The van der Waals surface area contributed by atoms with E-state index in [1.165, 1.54) is 25.7 Å². The third-order valence-electron chi connectivity index (χ3n) is 2.71. The second kappa shape index (κ2) is 11.3. The van der Waals surface area contributed by atoms with Gasteiger partial charge in [0.15, 0.2) is 0 Å². The molecule has 2 rings (SSSR count). The maximum Gasteiger partial charge on any atom is 0.0592 e. The Labute approximate surface area is 144 Å². The molecular formula is C17H25Cl2NS. The maximum absolute atomic E-state index is 5.58. The lowest BCUT2D eigenvalue weighted by Crippen LogP contribution is -2.25. The largest absolute Gasteiger partial charge is 0.261 e. The van der Waals surface area contributed by atoms with Gasteiger partial charge in [-0.05, 0) is 45.7 Å². The zero-order chi connectivity index (χ0) is 16.3. The molecule has 0 amide bonds. The molecule has 4 heteroatoms. The summed E-state index contributed by atoms with van der Waals surface area (Å²) in [5.41, 5.74) is 0. The second-order valence-electron chi connectivity index (χ2n) is 5.73. The molecule has 1 fully saturated rings. The van der Waals surface area contributed by atoms with Gasteiger partial charge in [-0.2, -0.15) is 0 Å². The number of rotatable bonds is 2. The van der Waals surface area contributed by atoms with Crippen LogP contribution in [0.4, 0.5) is 0 Å². The number of benzene rings is 1. The van der Waals surface area contributed by atoms with Crippen LogP contribution in [0, 0.1) is 12.8 Å². The fraction of sp³-hybridized carbons (Fsp3) is 0.529. The van der Waals surface area contributed by atoms with Crippen LogP contribution in [0.1, 0.15) is 46.5 Å². The van der Waals surface area contributed by atoms with Gasteiger partial charge in [0.25, 0.3) is 0 Å². The van der Waals surface area contributed by atoms with Crippen LogP contribution >= 0.6 is 35.1 Å². The lowest BCUT2D eigenvalue weighted by molar-refractivity contribution is 0.647. The Bertz CT molecular complexity index is 386. The molecule has 0 aliphatic heterocycles. The SMILES string of the molecule is C#C.CC(C)(C)SNC1CCCC1.Clc1ccccc1Cl. The monoisotopic (exact) mass is 345 g/mol. The Morgan fingerprint density at radius 2 is 1.48 bits per heavy atom. The van der Waals surface area contributed by atoms with E-state index in [2.05, 4.69) is 38.3 Å². The maximum atomic E-state index is 5.58. The molecule has 0 atom stereocenters. The quantitative estimate of drug-likeness (QED) is 0.505. The van der Waals surface area contributed by atoms with Gasteiger partial charge in [0.2, 0.25) is 0 Å². The lowest BCUT2D eigenvalue weighted by atomic mass is 10.3. The third kappa shape index (κ3) is 11.0. The van der Waals surface area contributed by atoms with E-state index >= 15 is 0 Å². The van der Waals surface area contributed by atoms with E-state index in [1.54, 1.807) is 12.1 Å². The molecule has 118 valence electrons. The van der Waals surface area contributed by atoms with Crippen molar-refractivity contribution in [3.8, 4) is 12.8 Å². The second-order valence-corrected chi connectivity index (χ2v) is 8.21. The average molecular weight is 346 g/mol. The Morgan fingerprint density at radius 1 is 1.05 bits per heavy atom. The van der Waals surface area contributed by atoms with E-state index in [4.69, 9.17) is 23.2 Å².